The van der Waals surface area contributed by atoms with Crippen molar-refractivity contribution in [1.29, 1.82) is 0 Å². The fourth-order valence-corrected chi connectivity index (χ4v) is 2.67. The molecule has 0 aliphatic rings. The molecule has 152 valence electrons. The summed E-state index contributed by atoms with van der Waals surface area (Å²) in [6.45, 7) is 11.8. The van der Waals surface area contributed by atoms with Crippen molar-refractivity contribution in [2.24, 2.45) is 0 Å². The highest BCUT2D eigenvalue weighted by atomic mass is 28.2. The molecule has 0 aliphatic carbocycles. The fourth-order valence-electron chi connectivity index (χ4n) is 2.38. The summed E-state index contributed by atoms with van der Waals surface area (Å²) in [5.74, 6) is -1.10. The SMILES string of the molecule is CCCCOC(CC)C(OCCCC)(OCCCC)OCCCO[SiH3]. The minimum absolute atomic E-state index is 0.218. The van der Waals surface area contributed by atoms with Crippen LogP contribution in [0.25, 0.3) is 0 Å². The first-order valence-electron chi connectivity index (χ1n) is 10.2. The van der Waals surface area contributed by atoms with Gasteiger partial charge in [0.2, 0.25) is 0 Å². The second-order valence-corrected chi connectivity index (χ2v) is 6.90. The highest BCUT2D eigenvalue weighted by Gasteiger charge is 2.43. The van der Waals surface area contributed by atoms with E-state index in [0.717, 1.165) is 68.5 Å². The van der Waals surface area contributed by atoms with Gasteiger partial charge >= 0.3 is 5.97 Å². The van der Waals surface area contributed by atoms with E-state index < -0.39 is 5.97 Å². The monoisotopic (exact) mass is 378 g/mol. The Kier molecular flexibility index (Phi) is 17.4. The third-order valence-electron chi connectivity index (χ3n) is 3.98. The first-order chi connectivity index (χ1) is 12.2. The molecule has 0 aromatic carbocycles. The summed E-state index contributed by atoms with van der Waals surface area (Å²) >= 11 is 0. The molecule has 0 radical (unpaired) electrons. The first-order valence-corrected chi connectivity index (χ1v) is 11.0. The molecule has 1 atom stereocenters. The Morgan fingerprint density at radius 1 is 0.680 bits per heavy atom. The van der Waals surface area contributed by atoms with Crippen LogP contribution in [0.4, 0.5) is 0 Å². The Bertz CT molecular complexity index is 269. The van der Waals surface area contributed by atoms with Crippen LogP contribution in [0.5, 0.6) is 0 Å². The molecule has 0 aromatic heterocycles. The Labute approximate surface area is 158 Å². The zero-order valence-electron chi connectivity index (χ0n) is 17.3. The minimum Gasteiger partial charge on any atom is -0.428 e. The second kappa shape index (κ2) is 17.4. The van der Waals surface area contributed by atoms with Crippen molar-refractivity contribution < 1.29 is 23.4 Å². The van der Waals surface area contributed by atoms with Crippen molar-refractivity contribution in [3.63, 3.8) is 0 Å². The van der Waals surface area contributed by atoms with Crippen molar-refractivity contribution in [2.75, 3.05) is 33.0 Å². The molecule has 0 fully saturated rings. The lowest BCUT2D eigenvalue weighted by Gasteiger charge is -2.39. The molecular formula is C19H42O5Si. The molecule has 6 heteroatoms. The second-order valence-electron chi connectivity index (χ2n) is 6.32. The molecule has 0 saturated heterocycles. The first kappa shape index (κ1) is 25.0. The van der Waals surface area contributed by atoms with E-state index in [4.69, 9.17) is 23.4 Å². The summed E-state index contributed by atoms with van der Waals surface area (Å²) in [6.07, 6.45) is 7.67. The lowest BCUT2D eigenvalue weighted by Crippen LogP contribution is -2.52. The molecule has 1 unspecified atom stereocenters. The van der Waals surface area contributed by atoms with Crippen LogP contribution in [0.15, 0.2) is 0 Å². The summed E-state index contributed by atoms with van der Waals surface area (Å²) in [6, 6.07) is 0. The van der Waals surface area contributed by atoms with Crippen molar-refractivity contribution in [3.05, 3.63) is 0 Å². The van der Waals surface area contributed by atoms with Crippen LogP contribution in [0.1, 0.15) is 79.1 Å². The van der Waals surface area contributed by atoms with Gasteiger partial charge in [0, 0.05) is 13.2 Å². The maximum atomic E-state index is 6.18. The van der Waals surface area contributed by atoms with Gasteiger partial charge in [-0.1, -0.05) is 47.0 Å². The van der Waals surface area contributed by atoms with Crippen LogP contribution in [0, 0.1) is 0 Å². The Morgan fingerprint density at radius 3 is 1.60 bits per heavy atom. The van der Waals surface area contributed by atoms with Crippen LogP contribution in [-0.4, -0.2) is 55.6 Å². The van der Waals surface area contributed by atoms with Gasteiger partial charge in [0.1, 0.15) is 16.6 Å². The highest BCUT2D eigenvalue weighted by molar-refractivity contribution is 5.97. The van der Waals surface area contributed by atoms with Crippen molar-refractivity contribution >= 4 is 10.5 Å². The quantitative estimate of drug-likeness (QED) is 0.195. The van der Waals surface area contributed by atoms with Gasteiger partial charge in [0.05, 0.1) is 19.8 Å². The molecule has 0 aliphatic heterocycles. The van der Waals surface area contributed by atoms with E-state index in [-0.39, 0.29) is 6.10 Å². The topological polar surface area (TPSA) is 46.2 Å². The van der Waals surface area contributed by atoms with Gasteiger partial charge in [-0.25, -0.2) is 0 Å². The standard InChI is InChI=1S/C19H42O5Si/c1-5-9-13-20-18(8-4)19(21-14-10-6-2,22-15-11-7-3)23-16-12-17-24-25/h18H,5-17H2,1-4,25H3. The smallest absolute Gasteiger partial charge is 0.310 e. The van der Waals surface area contributed by atoms with E-state index in [2.05, 4.69) is 27.7 Å². The van der Waals surface area contributed by atoms with Crippen molar-refractivity contribution in [2.45, 2.75) is 91.1 Å². The van der Waals surface area contributed by atoms with E-state index in [9.17, 15) is 0 Å². The zero-order valence-corrected chi connectivity index (χ0v) is 19.3. The van der Waals surface area contributed by atoms with Gasteiger partial charge in [0.25, 0.3) is 0 Å². The predicted octanol–water partition coefficient (Wildman–Crippen LogP) is 3.57. The molecule has 0 amide bonds. The molecule has 0 rings (SSSR count). The van der Waals surface area contributed by atoms with Gasteiger partial charge in [-0.15, -0.1) is 0 Å². The highest BCUT2D eigenvalue weighted by Crippen LogP contribution is 2.27. The van der Waals surface area contributed by atoms with Gasteiger partial charge in [-0.05, 0) is 32.1 Å². The van der Waals surface area contributed by atoms with Crippen LogP contribution in [-0.2, 0) is 23.4 Å². The van der Waals surface area contributed by atoms with E-state index in [1.807, 2.05) is 0 Å². The third kappa shape index (κ3) is 11.4. The van der Waals surface area contributed by atoms with Crippen LogP contribution >= 0.6 is 0 Å². The molecule has 0 saturated carbocycles. The van der Waals surface area contributed by atoms with Crippen molar-refractivity contribution in [1.82, 2.24) is 0 Å². The minimum atomic E-state index is -1.10. The number of unbranched alkanes of at least 4 members (excludes halogenated alkanes) is 3. The average molecular weight is 379 g/mol. The van der Waals surface area contributed by atoms with Gasteiger partial charge in [0.15, 0.2) is 0 Å². The fraction of sp³-hybridized carbons (Fsp3) is 1.00. The van der Waals surface area contributed by atoms with E-state index >= 15 is 0 Å². The molecule has 0 N–H and O–H groups in total. The zero-order chi connectivity index (χ0) is 18.8. The lowest BCUT2D eigenvalue weighted by molar-refractivity contribution is -0.418. The summed E-state index contributed by atoms with van der Waals surface area (Å²) in [4.78, 5) is 0. The van der Waals surface area contributed by atoms with Gasteiger partial charge in [-0.2, -0.15) is 0 Å². The number of hydrogen-bond acceptors (Lipinski definition) is 5. The van der Waals surface area contributed by atoms with E-state index in [0.29, 0.717) is 26.4 Å². The molecular weight excluding hydrogens is 336 g/mol. The summed E-state index contributed by atoms with van der Waals surface area (Å²) in [5.41, 5.74) is 0. The Hall–Kier alpha value is 0.0169. The molecule has 0 aromatic rings. The van der Waals surface area contributed by atoms with Crippen LogP contribution in [0.2, 0.25) is 0 Å². The average Bonchev–Trinajstić information content (AvgIpc) is 2.62. The largest absolute Gasteiger partial charge is 0.428 e. The molecule has 0 bridgehead atoms. The van der Waals surface area contributed by atoms with Gasteiger partial charge in [-0.3, -0.25) is 0 Å². The van der Waals surface area contributed by atoms with E-state index in [1.54, 1.807) is 0 Å². The number of ether oxygens (including phenoxy) is 4. The molecule has 0 heterocycles. The molecule has 0 spiro atoms. The number of rotatable bonds is 19. The maximum absolute atomic E-state index is 6.18. The summed E-state index contributed by atoms with van der Waals surface area (Å²) in [7, 11) is 0.756. The predicted molar refractivity (Wildman–Crippen MR) is 106 cm³/mol. The Balaban J connectivity index is 5.05. The molecule has 5 nitrogen and oxygen atoms in total. The van der Waals surface area contributed by atoms with Crippen molar-refractivity contribution in [3.8, 4) is 0 Å². The normalized spacial score (nSPS) is 13.4. The summed E-state index contributed by atoms with van der Waals surface area (Å²) in [5, 5.41) is 0. The van der Waals surface area contributed by atoms with Gasteiger partial charge < -0.3 is 23.4 Å². The molecule has 25 heavy (non-hydrogen) atoms. The maximum Gasteiger partial charge on any atom is 0.310 e. The lowest BCUT2D eigenvalue weighted by atomic mass is 10.2. The van der Waals surface area contributed by atoms with Crippen LogP contribution < -0.4 is 0 Å². The number of hydrogen-bond donors (Lipinski definition) is 0. The third-order valence-corrected chi connectivity index (χ3v) is 4.39. The van der Waals surface area contributed by atoms with Crippen LogP contribution in [0.3, 0.4) is 0 Å². The van der Waals surface area contributed by atoms with E-state index in [1.165, 1.54) is 0 Å². The summed E-state index contributed by atoms with van der Waals surface area (Å²) < 4.78 is 29.9. The Morgan fingerprint density at radius 2 is 1.16 bits per heavy atom.